The number of amidine groups is 1. The van der Waals surface area contributed by atoms with Crippen LogP contribution in [0, 0.1) is 6.92 Å². The smallest absolute Gasteiger partial charge is 0.270 e. The van der Waals surface area contributed by atoms with Gasteiger partial charge in [-0.15, -0.1) is 0 Å². The zero-order chi connectivity index (χ0) is 8.43. The molecule has 0 fully saturated rings. The topological polar surface area (TPSA) is 51.6 Å². The van der Waals surface area contributed by atoms with Gasteiger partial charge in [-0.25, -0.2) is 0 Å². The second-order valence-corrected chi connectivity index (χ2v) is 3.33. The van der Waals surface area contributed by atoms with Crippen molar-refractivity contribution >= 4 is 21.8 Å². The fraction of sp³-hybridized carbons (Fsp3) is 0.125. The maximum Gasteiger partial charge on any atom is 0.270 e. The van der Waals surface area contributed by atoms with Crippen LogP contribution in [0.4, 0.5) is 0 Å². The van der Waals surface area contributed by atoms with Crippen LogP contribution in [0.2, 0.25) is 0 Å². The second-order valence-electron chi connectivity index (χ2n) is 2.41. The van der Waals surface area contributed by atoms with Gasteiger partial charge in [0.1, 0.15) is 0 Å². The fourth-order valence-electron chi connectivity index (χ4n) is 0.951. The molecular formula is C8H10BrN2+. The number of rotatable bonds is 1. The summed E-state index contributed by atoms with van der Waals surface area (Å²) >= 11 is 3.35. The van der Waals surface area contributed by atoms with E-state index in [1.807, 2.05) is 25.1 Å². The van der Waals surface area contributed by atoms with E-state index in [9.17, 15) is 0 Å². The third-order valence-corrected chi connectivity index (χ3v) is 1.99. The predicted molar refractivity (Wildman–Crippen MR) is 49.1 cm³/mol. The average Bonchev–Trinajstić information content (AvgIpc) is 1.85. The van der Waals surface area contributed by atoms with Crippen LogP contribution in [0.25, 0.3) is 0 Å². The molecule has 1 aromatic rings. The van der Waals surface area contributed by atoms with Gasteiger partial charge in [-0.1, -0.05) is 15.9 Å². The Morgan fingerprint density at radius 1 is 1.55 bits per heavy atom. The molecule has 0 unspecified atom stereocenters. The van der Waals surface area contributed by atoms with E-state index in [0.717, 1.165) is 15.6 Å². The number of aryl methyl sites for hydroxylation is 1. The Morgan fingerprint density at radius 2 is 2.18 bits per heavy atom. The van der Waals surface area contributed by atoms with Gasteiger partial charge in [0.25, 0.3) is 5.84 Å². The van der Waals surface area contributed by atoms with Crippen LogP contribution in [-0.4, -0.2) is 5.84 Å². The van der Waals surface area contributed by atoms with Crippen LogP contribution in [0.15, 0.2) is 22.7 Å². The summed E-state index contributed by atoms with van der Waals surface area (Å²) < 4.78 is 1.04. The minimum Gasteiger partial charge on any atom is -0.287 e. The first-order chi connectivity index (χ1) is 5.11. The summed E-state index contributed by atoms with van der Waals surface area (Å²) in [5.74, 6) is 0.370. The van der Waals surface area contributed by atoms with Crippen molar-refractivity contribution in [3.05, 3.63) is 33.8 Å². The molecule has 0 spiro atoms. The molecule has 0 amide bonds. The van der Waals surface area contributed by atoms with Gasteiger partial charge in [-0.05, 0) is 30.7 Å². The summed E-state index contributed by atoms with van der Waals surface area (Å²) in [7, 11) is 0. The highest BCUT2D eigenvalue weighted by molar-refractivity contribution is 9.10. The Labute approximate surface area is 74.1 Å². The van der Waals surface area contributed by atoms with E-state index in [2.05, 4.69) is 15.9 Å². The Kier molecular flexibility index (Phi) is 2.29. The quantitative estimate of drug-likeness (QED) is 0.510. The molecule has 0 saturated heterocycles. The highest BCUT2D eigenvalue weighted by Crippen LogP contribution is 2.14. The molecular weight excluding hydrogens is 204 g/mol. The van der Waals surface area contributed by atoms with Gasteiger partial charge in [-0.2, -0.15) is 0 Å². The van der Waals surface area contributed by atoms with Gasteiger partial charge in [0.15, 0.2) is 0 Å². The zero-order valence-electron chi connectivity index (χ0n) is 6.26. The SMILES string of the molecule is Cc1cc(Br)ccc1C(N)=[NH2+]. The molecule has 3 heteroatoms. The lowest BCUT2D eigenvalue weighted by molar-refractivity contribution is -0.114. The summed E-state index contributed by atoms with van der Waals surface area (Å²) in [6.45, 7) is 1.97. The number of hydrogen-bond donors (Lipinski definition) is 2. The van der Waals surface area contributed by atoms with Gasteiger partial charge < -0.3 is 0 Å². The summed E-state index contributed by atoms with van der Waals surface area (Å²) in [6, 6.07) is 5.80. The lowest BCUT2D eigenvalue weighted by Gasteiger charge is -1.99. The van der Waals surface area contributed by atoms with Crippen molar-refractivity contribution in [2.24, 2.45) is 5.73 Å². The predicted octanol–water partition coefficient (Wildman–Crippen LogP) is 0.222. The van der Waals surface area contributed by atoms with Gasteiger partial charge in [-0.3, -0.25) is 11.1 Å². The van der Waals surface area contributed by atoms with Crippen LogP contribution in [0.1, 0.15) is 11.1 Å². The van der Waals surface area contributed by atoms with E-state index in [-0.39, 0.29) is 0 Å². The maximum atomic E-state index is 5.44. The third-order valence-electron chi connectivity index (χ3n) is 1.50. The molecule has 0 bridgehead atoms. The van der Waals surface area contributed by atoms with Gasteiger partial charge in [0.05, 0.1) is 5.56 Å². The highest BCUT2D eigenvalue weighted by atomic mass is 79.9. The van der Waals surface area contributed by atoms with Crippen molar-refractivity contribution in [1.29, 1.82) is 0 Å². The Bertz CT molecular complexity index is 294. The first-order valence-corrected chi connectivity index (χ1v) is 4.05. The van der Waals surface area contributed by atoms with Crippen molar-refractivity contribution in [2.45, 2.75) is 6.92 Å². The molecule has 0 aliphatic heterocycles. The van der Waals surface area contributed by atoms with Crippen molar-refractivity contribution in [1.82, 2.24) is 0 Å². The number of nitrogens with two attached hydrogens (primary N) is 2. The molecule has 0 radical (unpaired) electrons. The summed E-state index contributed by atoms with van der Waals surface area (Å²) in [4.78, 5) is 0. The molecule has 2 nitrogen and oxygen atoms in total. The van der Waals surface area contributed by atoms with Crippen LogP contribution >= 0.6 is 15.9 Å². The first kappa shape index (κ1) is 8.27. The van der Waals surface area contributed by atoms with Crippen LogP contribution in [0.5, 0.6) is 0 Å². The minimum atomic E-state index is 0.370. The molecule has 0 aliphatic rings. The molecule has 0 aromatic heterocycles. The van der Waals surface area contributed by atoms with E-state index >= 15 is 0 Å². The lowest BCUT2D eigenvalue weighted by atomic mass is 10.1. The summed E-state index contributed by atoms with van der Waals surface area (Å²) in [5, 5.41) is 5.44. The third kappa shape index (κ3) is 1.80. The number of benzene rings is 1. The Balaban J connectivity index is 3.20. The van der Waals surface area contributed by atoms with Crippen molar-refractivity contribution < 1.29 is 5.41 Å². The highest BCUT2D eigenvalue weighted by Gasteiger charge is 2.04. The van der Waals surface area contributed by atoms with E-state index in [4.69, 9.17) is 11.1 Å². The van der Waals surface area contributed by atoms with Gasteiger partial charge >= 0.3 is 0 Å². The van der Waals surface area contributed by atoms with Crippen molar-refractivity contribution in [2.75, 3.05) is 0 Å². The molecule has 11 heavy (non-hydrogen) atoms. The minimum absolute atomic E-state index is 0.370. The lowest BCUT2D eigenvalue weighted by Crippen LogP contribution is -2.46. The molecule has 0 saturated carbocycles. The first-order valence-electron chi connectivity index (χ1n) is 3.25. The summed E-state index contributed by atoms with van der Waals surface area (Å²) in [5.41, 5.74) is 7.44. The molecule has 1 rings (SSSR count). The van der Waals surface area contributed by atoms with E-state index in [0.29, 0.717) is 5.84 Å². The molecule has 4 N–H and O–H groups in total. The van der Waals surface area contributed by atoms with Crippen LogP contribution in [0.3, 0.4) is 0 Å². The molecule has 0 atom stereocenters. The van der Waals surface area contributed by atoms with E-state index < -0.39 is 0 Å². The van der Waals surface area contributed by atoms with E-state index in [1.165, 1.54) is 0 Å². The largest absolute Gasteiger partial charge is 0.287 e. The normalized spacial score (nSPS) is 9.64. The molecule has 1 aromatic carbocycles. The van der Waals surface area contributed by atoms with E-state index in [1.54, 1.807) is 0 Å². The zero-order valence-corrected chi connectivity index (χ0v) is 7.85. The molecule has 58 valence electrons. The monoisotopic (exact) mass is 213 g/mol. The molecule has 0 heterocycles. The number of hydrogen-bond acceptors (Lipinski definition) is 0. The van der Waals surface area contributed by atoms with Crippen LogP contribution < -0.4 is 11.1 Å². The summed E-state index contributed by atoms with van der Waals surface area (Å²) in [6.07, 6.45) is 0. The maximum absolute atomic E-state index is 5.44. The Hall–Kier alpha value is -0.830. The number of halogens is 1. The van der Waals surface area contributed by atoms with Gasteiger partial charge in [0.2, 0.25) is 0 Å². The molecule has 0 aliphatic carbocycles. The Morgan fingerprint density at radius 3 is 2.64 bits per heavy atom. The standard InChI is InChI=1S/C8H9BrN2/c1-5-4-6(9)2-3-7(5)8(10)11/h2-4H,1H3,(H3,10,11)/p+1. The fourth-order valence-corrected chi connectivity index (χ4v) is 1.43. The van der Waals surface area contributed by atoms with Crippen LogP contribution in [-0.2, 0) is 0 Å². The van der Waals surface area contributed by atoms with Gasteiger partial charge in [0, 0.05) is 4.47 Å². The average molecular weight is 214 g/mol. The van der Waals surface area contributed by atoms with Crippen molar-refractivity contribution in [3.63, 3.8) is 0 Å². The van der Waals surface area contributed by atoms with Crippen molar-refractivity contribution in [3.8, 4) is 0 Å². The second kappa shape index (κ2) is 3.05.